The first-order valence-electron chi connectivity index (χ1n) is 15.4. The van der Waals surface area contributed by atoms with Crippen LogP contribution in [-0.2, 0) is 25.5 Å². The quantitative estimate of drug-likeness (QED) is 0.166. The van der Waals surface area contributed by atoms with E-state index in [0.29, 0.717) is 0 Å². The molecule has 0 saturated heterocycles. The van der Waals surface area contributed by atoms with Crippen LogP contribution in [0.4, 0.5) is 0 Å². The van der Waals surface area contributed by atoms with Gasteiger partial charge in [0.05, 0.1) is 16.9 Å². The Kier molecular flexibility index (Phi) is 9.60. The van der Waals surface area contributed by atoms with Crippen molar-refractivity contribution in [3.8, 4) is 39.5 Å². The van der Waals surface area contributed by atoms with Gasteiger partial charge >= 0.3 is 0 Å². The molecule has 0 saturated carbocycles. The zero-order chi connectivity index (χ0) is 31.5. The van der Waals surface area contributed by atoms with Gasteiger partial charge in [-0.2, -0.15) is 0 Å². The normalized spacial score (nSPS) is 11.1. The summed E-state index contributed by atoms with van der Waals surface area (Å²) in [6, 6.07) is 51.2. The van der Waals surface area contributed by atoms with Crippen LogP contribution in [0.5, 0.6) is 0 Å². The Morgan fingerprint density at radius 2 is 1.43 bits per heavy atom. The van der Waals surface area contributed by atoms with Crippen molar-refractivity contribution in [2.75, 3.05) is 0 Å². The van der Waals surface area contributed by atoms with Gasteiger partial charge in [0.25, 0.3) is 0 Å². The van der Waals surface area contributed by atoms with Gasteiger partial charge in [0, 0.05) is 32.0 Å². The predicted octanol–water partition coefficient (Wildman–Crippen LogP) is 11.2. The van der Waals surface area contributed by atoms with E-state index in [4.69, 9.17) is 4.98 Å². The van der Waals surface area contributed by atoms with Crippen molar-refractivity contribution in [2.24, 2.45) is 0 Å². The second-order valence-electron chi connectivity index (χ2n) is 12.2. The molecule has 1 radical (unpaired) electrons. The fourth-order valence-electron chi connectivity index (χ4n) is 5.57. The largest absolute Gasteiger partial charge is 0.333 e. The van der Waals surface area contributed by atoms with Gasteiger partial charge in [0.15, 0.2) is 0 Å². The standard InChI is InChI=1S/C31H25N2S.C11H8N.Ir/c1-31(2,3)23-15-18-29-25(19-23)26(20-34-29)30-32-27-11-7-8-12-28(27)33(30)24-16-13-22(14-17-24)21-9-5-4-6-10-21;1-2-6-10(7-3-1)11-8-4-5-9-12-11;/h4-19H,1-3H3;1-6,8-9H;/q2*-1;. The van der Waals surface area contributed by atoms with Crippen LogP contribution >= 0.6 is 11.3 Å². The summed E-state index contributed by atoms with van der Waals surface area (Å²) in [5.74, 6) is 0.936. The third-order valence-corrected chi connectivity index (χ3v) is 8.93. The number of nitrogens with zero attached hydrogens (tertiary/aromatic N) is 3. The zero-order valence-electron chi connectivity index (χ0n) is 26.4. The Labute approximate surface area is 294 Å². The number of para-hydroxylation sites is 2. The number of benzene rings is 5. The minimum Gasteiger partial charge on any atom is -0.333 e. The monoisotopic (exact) mass is 804 g/mol. The molecule has 233 valence electrons. The molecule has 0 amide bonds. The number of hydrogen-bond acceptors (Lipinski definition) is 3. The van der Waals surface area contributed by atoms with Gasteiger partial charge in [-0.1, -0.05) is 121 Å². The summed E-state index contributed by atoms with van der Waals surface area (Å²) in [6.45, 7) is 6.77. The first-order chi connectivity index (χ1) is 22.5. The summed E-state index contributed by atoms with van der Waals surface area (Å²) < 4.78 is 3.51. The summed E-state index contributed by atoms with van der Waals surface area (Å²) in [5, 5.41) is 4.79. The number of hydrogen-bond donors (Lipinski definition) is 0. The van der Waals surface area contributed by atoms with E-state index in [-0.39, 0.29) is 25.5 Å². The van der Waals surface area contributed by atoms with Crippen molar-refractivity contribution in [1.29, 1.82) is 0 Å². The SMILES string of the molecule is CC(C)(C)c1ccc2s[c-]c(-c3nc4ccccc4n3-c3ccc(-c4ccccc4)cc3)c2c1.[Ir].[c-]1ccccc1-c1ccccn1. The summed E-state index contributed by atoms with van der Waals surface area (Å²) in [5.41, 5.74) is 10.1. The van der Waals surface area contributed by atoms with Crippen molar-refractivity contribution in [3.63, 3.8) is 0 Å². The molecule has 5 heteroatoms. The first-order valence-corrected chi connectivity index (χ1v) is 16.2. The van der Waals surface area contributed by atoms with Crippen LogP contribution in [-0.4, -0.2) is 14.5 Å². The van der Waals surface area contributed by atoms with E-state index in [1.54, 1.807) is 17.5 Å². The average Bonchev–Trinajstić information content (AvgIpc) is 3.71. The topological polar surface area (TPSA) is 30.7 Å². The van der Waals surface area contributed by atoms with E-state index in [1.807, 2.05) is 42.5 Å². The Bertz CT molecular complexity index is 2180. The van der Waals surface area contributed by atoms with Crippen LogP contribution in [0.3, 0.4) is 0 Å². The fraction of sp³-hybridized carbons (Fsp3) is 0.0952. The van der Waals surface area contributed by atoms with Gasteiger partial charge in [-0.15, -0.1) is 47.3 Å². The molecule has 47 heavy (non-hydrogen) atoms. The molecular formula is C42H33IrN3S-2. The second-order valence-corrected chi connectivity index (χ2v) is 13.1. The number of fused-ring (bicyclic) bond motifs is 2. The van der Waals surface area contributed by atoms with Gasteiger partial charge in [-0.3, -0.25) is 16.3 Å². The maximum Gasteiger partial charge on any atom is 0.0774 e. The summed E-state index contributed by atoms with van der Waals surface area (Å²) in [6.07, 6.45) is 1.79. The number of rotatable bonds is 4. The molecule has 3 heterocycles. The van der Waals surface area contributed by atoms with Gasteiger partial charge in [-0.25, -0.2) is 0 Å². The Morgan fingerprint density at radius 3 is 2.15 bits per heavy atom. The van der Waals surface area contributed by atoms with Crippen LogP contribution in [0.1, 0.15) is 26.3 Å². The molecular weight excluding hydrogens is 771 g/mol. The summed E-state index contributed by atoms with van der Waals surface area (Å²) in [4.78, 5) is 9.31. The molecule has 0 unspecified atom stereocenters. The number of thiophene rings is 1. The Hall–Kier alpha value is -4.67. The molecule has 0 aliphatic rings. The second kappa shape index (κ2) is 14.0. The van der Waals surface area contributed by atoms with E-state index in [1.165, 1.54) is 26.8 Å². The van der Waals surface area contributed by atoms with Crippen molar-refractivity contribution in [3.05, 3.63) is 163 Å². The van der Waals surface area contributed by atoms with E-state index >= 15 is 0 Å². The minimum absolute atomic E-state index is 0. The van der Waals surface area contributed by atoms with Crippen LogP contribution in [0.15, 0.2) is 146 Å². The molecule has 0 atom stereocenters. The number of pyridine rings is 1. The van der Waals surface area contributed by atoms with Crippen LogP contribution < -0.4 is 0 Å². The van der Waals surface area contributed by atoms with E-state index in [0.717, 1.165) is 39.4 Å². The van der Waals surface area contributed by atoms with Crippen LogP contribution in [0.25, 0.3) is 60.6 Å². The molecule has 3 aromatic heterocycles. The fourth-order valence-corrected chi connectivity index (χ4v) is 6.39. The Morgan fingerprint density at radius 1 is 0.702 bits per heavy atom. The van der Waals surface area contributed by atoms with E-state index in [2.05, 4.69) is 139 Å². The summed E-state index contributed by atoms with van der Waals surface area (Å²) >= 11 is 1.66. The zero-order valence-corrected chi connectivity index (χ0v) is 29.7. The molecule has 0 bridgehead atoms. The molecule has 0 fully saturated rings. The molecule has 8 aromatic rings. The van der Waals surface area contributed by atoms with Gasteiger partial charge in [0.2, 0.25) is 0 Å². The molecule has 0 N–H and O–H groups in total. The van der Waals surface area contributed by atoms with Gasteiger partial charge < -0.3 is 9.55 Å². The third kappa shape index (κ3) is 6.89. The van der Waals surface area contributed by atoms with Crippen LogP contribution in [0, 0.1) is 11.4 Å². The number of imidazole rings is 1. The molecule has 5 aromatic carbocycles. The average molecular weight is 804 g/mol. The van der Waals surface area contributed by atoms with E-state index in [9.17, 15) is 0 Å². The molecule has 0 aliphatic carbocycles. The molecule has 3 nitrogen and oxygen atoms in total. The Balaban J connectivity index is 0.000000250. The number of aromatic nitrogens is 3. The summed E-state index contributed by atoms with van der Waals surface area (Å²) in [7, 11) is 0. The smallest absolute Gasteiger partial charge is 0.0774 e. The van der Waals surface area contributed by atoms with E-state index < -0.39 is 0 Å². The molecule has 0 aliphatic heterocycles. The van der Waals surface area contributed by atoms with Gasteiger partial charge in [0.1, 0.15) is 0 Å². The maximum atomic E-state index is 5.09. The molecule has 0 spiro atoms. The van der Waals surface area contributed by atoms with Gasteiger partial charge in [-0.05, 0) is 52.6 Å². The first kappa shape index (κ1) is 32.3. The van der Waals surface area contributed by atoms with Crippen LogP contribution in [0.2, 0.25) is 0 Å². The van der Waals surface area contributed by atoms with Crippen molar-refractivity contribution in [2.45, 2.75) is 26.2 Å². The van der Waals surface area contributed by atoms with Crippen molar-refractivity contribution in [1.82, 2.24) is 14.5 Å². The van der Waals surface area contributed by atoms with Crippen molar-refractivity contribution < 1.29 is 20.1 Å². The maximum absolute atomic E-state index is 5.09. The predicted molar refractivity (Wildman–Crippen MR) is 193 cm³/mol. The third-order valence-electron chi connectivity index (χ3n) is 8.04. The minimum atomic E-state index is 0. The van der Waals surface area contributed by atoms with Crippen molar-refractivity contribution >= 4 is 32.5 Å². The molecule has 8 rings (SSSR count).